The van der Waals surface area contributed by atoms with Crippen molar-refractivity contribution in [2.24, 2.45) is 5.41 Å². The number of halogens is 1. The highest BCUT2D eigenvalue weighted by Gasteiger charge is 2.28. The lowest BCUT2D eigenvalue weighted by Crippen LogP contribution is -1.92. The maximum Gasteiger partial charge on any atom is 0.0678 e. The number of hydrogen-bond acceptors (Lipinski definition) is 0. The maximum absolute atomic E-state index is 11.5. The predicted octanol–water partition coefficient (Wildman–Crippen LogP) is 1.57. The lowest BCUT2D eigenvalue weighted by molar-refractivity contribution is 0.395. The van der Waals surface area contributed by atoms with Crippen molar-refractivity contribution in [2.45, 2.75) is 12.8 Å². The molecule has 1 heteroatoms. The summed E-state index contributed by atoms with van der Waals surface area (Å²) in [4.78, 5) is 0. The molecule has 1 aliphatic rings. The van der Waals surface area contributed by atoms with E-state index in [1.54, 1.807) is 0 Å². The Morgan fingerprint density at radius 3 is 2.17 bits per heavy atom. The molecule has 0 spiro atoms. The second-order valence-electron chi connectivity index (χ2n) is 2.13. The van der Waals surface area contributed by atoms with Crippen LogP contribution < -0.4 is 0 Å². The van der Waals surface area contributed by atoms with E-state index in [-0.39, 0.29) is 12.1 Å². The summed E-state index contributed by atoms with van der Waals surface area (Å²) in [5.41, 5.74) is -0.125. The molecule has 1 saturated carbocycles. The summed E-state index contributed by atoms with van der Waals surface area (Å²) in [6.07, 6.45) is 1.98. The molecule has 0 aromatic rings. The lowest BCUT2D eigenvalue weighted by atomic mass is 10.2. The normalized spacial score (nSPS) is 27.0. The zero-order valence-corrected chi connectivity index (χ0v) is 3.71. The van der Waals surface area contributed by atoms with Crippen LogP contribution >= 0.6 is 0 Å². The van der Waals surface area contributed by atoms with Gasteiger partial charge in [0, 0.05) is 0 Å². The first-order valence-corrected chi connectivity index (χ1v) is 2.18. The van der Waals surface area contributed by atoms with E-state index in [1.165, 1.54) is 0 Å². The molecule has 1 aliphatic carbocycles. The summed E-state index contributed by atoms with van der Waals surface area (Å²) in [6, 6.07) is 0. The summed E-state index contributed by atoms with van der Waals surface area (Å²) in [5.74, 6) is 0. The van der Waals surface area contributed by atoms with E-state index in [1.807, 2.05) is 0 Å². The van der Waals surface area contributed by atoms with Gasteiger partial charge in [0.15, 0.2) is 0 Å². The van der Waals surface area contributed by atoms with Crippen LogP contribution in [0.3, 0.4) is 0 Å². The van der Waals surface area contributed by atoms with Crippen LogP contribution in [0.2, 0.25) is 0 Å². The van der Waals surface area contributed by atoms with Gasteiger partial charge in [-0.15, -0.1) is 5.41 Å². The van der Waals surface area contributed by atoms with Crippen molar-refractivity contribution in [3.05, 3.63) is 6.92 Å². The first kappa shape index (κ1) is 4.10. The van der Waals surface area contributed by atoms with Crippen molar-refractivity contribution in [3.8, 4) is 0 Å². The quantitative estimate of drug-likeness (QED) is 0.426. The summed E-state index contributed by atoms with van der Waals surface area (Å²) < 4.78 is 11.5. The summed E-state index contributed by atoms with van der Waals surface area (Å²) >= 11 is 0. The highest BCUT2D eigenvalue weighted by atomic mass is 19.1. The Kier molecular flexibility index (Phi) is 0.652. The van der Waals surface area contributed by atoms with Gasteiger partial charge in [-0.25, -0.2) is 0 Å². The molecular weight excluding hydrogens is 79.1 g/mol. The van der Waals surface area contributed by atoms with E-state index in [9.17, 15) is 4.39 Å². The molecule has 0 aromatic heterocycles. The molecule has 0 bridgehead atoms. The first-order valence-electron chi connectivity index (χ1n) is 2.18. The summed E-state index contributed by atoms with van der Waals surface area (Å²) in [5, 5.41) is 0. The van der Waals surface area contributed by atoms with E-state index >= 15 is 0 Å². The molecule has 0 unspecified atom stereocenters. The molecule has 0 aliphatic heterocycles. The van der Waals surface area contributed by atoms with Crippen LogP contribution in [0.25, 0.3) is 0 Å². The third-order valence-corrected chi connectivity index (χ3v) is 1.24. The van der Waals surface area contributed by atoms with Gasteiger partial charge in [0.1, 0.15) is 0 Å². The Balaban J connectivity index is 2.28. The Morgan fingerprint density at radius 1 is 1.67 bits per heavy atom. The Bertz CT molecular complexity index is 55.0. The molecule has 0 amide bonds. The highest BCUT2D eigenvalue weighted by Crippen LogP contribution is 2.44. The van der Waals surface area contributed by atoms with Gasteiger partial charge in [0.05, 0.1) is 6.67 Å². The van der Waals surface area contributed by atoms with Gasteiger partial charge >= 0.3 is 0 Å². The van der Waals surface area contributed by atoms with Crippen molar-refractivity contribution >= 4 is 0 Å². The smallest absolute Gasteiger partial charge is 0.0678 e. The zero-order valence-electron chi connectivity index (χ0n) is 3.71. The minimum atomic E-state index is -0.229. The molecule has 36 valence electrons. The predicted molar refractivity (Wildman–Crippen MR) is 23.0 cm³/mol. The molecule has 0 saturated heterocycles. The van der Waals surface area contributed by atoms with Gasteiger partial charge in [0.2, 0.25) is 0 Å². The molecule has 1 fully saturated rings. The highest BCUT2D eigenvalue weighted by molar-refractivity contribution is 4.94. The minimum Gasteiger partial charge on any atom is -0.335 e. The van der Waals surface area contributed by atoms with Crippen LogP contribution in [0.5, 0.6) is 0 Å². The van der Waals surface area contributed by atoms with Crippen molar-refractivity contribution in [1.29, 1.82) is 0 Å². The van der Waals surface area contributed by atoms with Crippen LogP contribution in [-0.2, 0) is 0 Å². The van der Waals surface area contributed by atoms with E-state index in [0.717, 1.165) is 12.8 Å². The third-order valence-electron chi connectivity index (χ3n) is 1.24. The minimum absolute atomic E-state index is 0.125. The van der Waals surface area contributed by atoms with Gasteiger partial charge in [0.25, 0.3) is 0 Å². The lowest BCUT2D eigenvalue weighted by Gasteiger charge is -2.04. The monoisotopic (exact) mass is 87.1 g/mol. The van der Waals surface area contributed by atoms with Crippen molar-refractivity contribution in [2.75, 3.05) is 6.67 Å². The molecule has 0 radical (unpaired) electrons. The molecule has 0 atom stereocenters. The molecule has 0 N–H and O–H groups in total. The van der Waals surface area contributed by atoms with E-state index < -0.39 is 0 Å². The Labute approximate surface area is 37.4 Å². The standard InChI is InChI=1S/C5H8F/c1-5(4-6)2-3-5/h1-4H2/q-1. The first-order chi connectivity index (χ1) is 2.77. The van der Waals surface area contributed by atoms with Crippen LogP contribution in [0.1, 0.15) is 12.8 Å². The van der Waals surface area contributed by atoms with E-state index in [2.05, 4.69) is 6.92 Å². The third kappa shape index (κ3) is 0.537. The summed E-state index contributed by atoms with van der Waals surface area (Å²) in [7, 11) is 0. The fourth-order valence-corrected chi connectivity index (χ4v) is 0.310. The van der Waals surface area contributed by atoms with Gasteiger partial charge in [-0.2, -0.15) is 0 Å². The topological polar surface area (TPSA) is 0 Å². The van der Waals surface area contributed by atoms with Crippen LogP contribution in [-0.4, -0.2) is 6.67 Å². The number of hydrogen-bond donors (Lipinski definition) is 0. The molecule has 1 rings (SSSR count). The second-order valence-corrected chi connectivity index (χ2v) is 2.13. The van der Waals surface area contributed by atoms with Gasteiger partial charge in [-0.05, 0) is 0 Å². The zero-order chi connectivity index (χ0) is 4.62. The summed E-state index contributed by atoms with van der Waals surface area (Å²) in [6.45, 7) is 3.40. The van der Waals surface area contributed by atoms with Gasteiger partial charge in [-0.3, -0.25) is 4.39 Å². The van der Waals surface area contributed by atoms with Crippen molar-refractivity contribution < 1.29 is 4.39 Å². The average molecular weight is 87.1 g/mol. The van der Waals surface area contributed by atoms with Crippen LogP contribution in [0.15, 0.2) is 0 Å². The Hall–Kier alpha value is -0.0700. The molecule has 0 heterocycles. The van der Waals surface area contributed by atoms with Crippen LogP contribution in [0.4, 0.5) is 4.39 Å². The van der Waals surface area contributed by atoms with Crippen LogP contribution in [0, 0.1) is 12.3 Å². The average Bonchev–Trinajstić information content (AvgIpc) is 2.22. The molecular formula is C5H8F-. The van der Waals surface area contributed by atoms with Gasteiger partial charge in [-0.1, -0.05) is 12.8 Å². The van der Waals surface area contributed by atoms with Gasteiger partial charge < -0.3 is 6.92 Å². The van der Waals surface area contributed by atoms with E-state index in [0.29, 0.717) is 0 Å². The molecule has 0 nitrogen and oxygen atoms in total. The van der Waals surface area contributed by atoms with Crippen molar-refractivity contribution in [1.82, 2.24) is 0 Å². The largest absolute Gasteiger partial charge is 0.335 e. The number of alkyl halides is 1. The SMILES string of the molecule is [CH2-]C1(CF)CC1. The molecule has 6 heavy (non-hydrogen) atoms. The number of rotatable bonds is 1. The Morgan fingerprint density at radius 2 is 2.17 bits per heavy atom. The van der Waals surface area contributed by atoms with Crippen molar-refractivity contribution in [3.63, 3.8) is 0 Å². The van der Waals surface area contributed by atoms with E-state index in [4.69, 9.17) is 0 Å². The molecule has 0 aromatic carbocycles. The second kappa shape index (κ2) is 0.955. The maximum atomic E-state index is 11.5. The fourth-order valence-electron chi connectivity index (χ4n) is 0.310. The fraction of sp³-hybridized carbons (Fsp3) is 0.800.